The number of methoxy groups -OCH3 is 1. The highest BCUT2D eigenvalue weighted by atomic mass is 35.5. The van der Waals surface area contributed by atoms with E-state index in [0.717, 1.165) is 42.0 Å². The summed E-state index contributed by atoms with van der Waals surface area (Å²) in [4.78, 5) is 12.6. The first-order chi connectivity index (χ1) is 18.1. The zero-order chi connectivity index (χ0) is 25.8. The topological polar surface area (TPSA) is 75.5 Å². The quantitative estimate of drug-likeness (QED) is 0.296. The molecular formula is C29H34ClN3O4. The SMILES string of the molecule is CCOC(=O)c1nnn(Cc2ccc(OC)cc2)c1OC1CCC(c2ccc(Cl)c(C3CCC3)c2)CC1. The molecule has 2 saturated carbocycles. The van der Waals surface area contributed by atoms with Crippen LogP contribution in [0.1, 0.15) is 90.9 Å². The maximum atomic E-state index is 12.6. The normalized spacial score (nSPS) is 19.8. The predicted octanol–water partition coefficient (Wildman–Crippen LogP) is 6.54. The molecule has 0 radical (unpaired) electrons. The molecule has 1 heterocycles. The van der Waals surface area contributed by atoms with Gasteiger partial charge in [0, 0.05) is 5.02 Å². The number of benzene rings is 2. The minimum atomic E-state index is -0.517. The summed E-state index contributed by atoms with van der Waals surface area (Å²) in [5.74, 6) is 1.74. The van der Waals surface area contributed by atoms with Gasteiger partial charge < -0.3 is 14.2 Å². The number of carbonyl (C=O) groups excluding carboxylic acids is 1. The Balaban J connectivity index is 1.28. The van der Waals surface area contributed by atoms with E-state index in [1.807, 2.05) is 24.3 Å². The molecule has 2 aliphatic carbocycles. The van der Waals surface area contributed by atoms with E-state index in [-0.39, 0.29) is 18.4 Å². The van der Waals surface area contributed by atoms with Crippen LogP contribution < -0.4 is 9.47 Å². The van der Waals surface area contributed by atoms with Crippen LogP contribution >= 0.6 is 11.6 Å². The second-order valence-corrected chi connectivity index (χ2v) is 10.4. The van der Waals surface area contributed by atoms with Crippen molar-refractivity contribution in [2.24, 2.45) is 0 Å². The summed E-state index contributed by atoms with van der Waals surface area (Å²) < 4.78 is 18.5. The van der Waals surface area contributed by atoms with Gasteiger partial charge in [-0.1, -0.05) is 47.5 Å². The Bertz CT molecular complexity index is 1210. The third-order valence-electron chi connectivity index (χ3n) is 7.64. The van der Waals surface area contributed by atoms with E-state index in [1.54, 1.807) is 18.7 Å². The first-order valence-electron chi connectivity index (χ1n) is 13.2. The van der Waals surface area contributed by atoms with Gasteiger partial charge in [-0.05, 0) is 92.2 Å². The number of nitrogens with zero attached hydrogens (tertiary/aromatic N) is 3. The van der Waals surface area contributed by atoms with E-state index in [0.29, 0.717) is 24.3 Å². The van der Waals surface area contributed by atoms with Crippen LogP contribution in [0.25, 0.3) is 0 Å². The van der Waals surface area contributed by atoms with Crippen LogP contribution in [0.4, 0.5) is 0 Å². The first-order valence-corrected chi connectivity index (χ1v) is 13.6. The van der Waals surface area contributed by atoms with E-state index in [2.05, 4.69) is 28.5 Å². The number of ether oxygens (including phenoxy) is 3. The van der Waals surface area contributed by atoms with Crippen LogP contribution in [0.3, 0.4) is 0 Å². The molecule has 7 nitrogen and oxygen atoms in total. The van der Waals surface area contributed by atoms with E-state index >= 15 is 0 Å². The van der Waals surface area contributed by atoms with E-state index < -0.39 is 5.97 Å². The minimum Gasteiger partial charge on any atom is -0.497 e. The van der Waals surface area contributed by atoms with Crippen LogP contribution in [0.5, 0.6) is 11.6 Å². The van der Waals surface area contributed by atoms with Crippen molar-refractivity contribution in [3.05, 3.63) is 69.9 Å². The monoisotopic (exact) mass is 523 g/mol. The molecule has 1 aromatic heterocycles. The van der Waals surface area contributed by atoms with Gasteiger partial charge in [-0.25, -0.2) is 9.48 Å². The van der Waals surface area contributed by atoms with Crippen molar-refractivity contribution in [1.82, 2.24) is 15.0 Å². The Morgan fingerprint density at radius 2 is 1.78 bits per heavy atom. The number of carbonyl (C=O) groups is 1. The zero-order valence-electron chi connectivity index (χ0n) is 21.5. The van der Waals surface area contributed by atoms with Crippen LogP contribution in [0.2, 0.25) is 5.02 Å². The molecule has 8 heteroatoms. The van der Waals surface area contributed by atoms with E-state index in [1.165, 1.54) is 30.4 Å². The Morgan fingerprint density at radius 3 is 2.43 bits per heavy atom. The highest BCUT2D eigenvalue weighted by molar-refractivity contribution is 6.31. The molecule has 0 saturated heterocycles. The molecule has 2 aliphatic rings. The predicted molar refractivity (Wildman–Crippen MR) is 142 cm³/mol. The number of esters is 1. The Hall–Kier alpha value is -3.06. The van der Waals surface area contributed by atoms with Gasteiger partial charge in [-0.15, -0.1) is 5.10 Å². The number of halogens is 1. The Labute approximate surface area is 223 Å². The summed E-state index contributed by atoms with van der Waals surface area (Å²) in [6.07, 6.45) is 7.58. The smallest absolute Gasteiger partial charge is 0.364 e. The number of aromatic nitrogens is 3. The molecule has 2 fully saturated rings. The molecule has 0 unspecified atom stereocenters. The number of hydrogen-bond donors (Lipinski definition) is 0. The lowest BCUT2D eigenvalue weighted by molar-refractivity contribution is 0.0507. The number of rotatable bonds is 9. The summed E-state index contributed by atoms with van der Waals surface area (Å²) >= 11 is 6.52. The molecule has 5 rings (SSSR count). The highest BCUT2D eigenvalue weighted by Gasteiger charge is 2.30. The lowest BCUT2D eigenvalue weighted by atomic mass is 9.77. The van der Waals surface area contributed by atoms with Gasteiger partial charge in [-0.3, -0.25) is 0 Å². The molecule has 37 heavy (non-hydrogen) atoms. The molecule has 0 N–H and O–H groups in total. The Kier molecular flexibility index (Phi) is 7.99. The third kappa shape index (κ3) is 5.77. The molecule has 2 aromatic carbocycles. The molecule has 0 aliphatic heterocycles. The molecule has 0 bridgehead atoms. The fraction of sp³-hybridized carbons (Fsp3) is 0.483. The molecule has 0 amide bonds. The average Bonchev–Trinajstić information content (AvgIpc) is 3.27. The summed E-state index contributed by atoms with van der Waals surface area (Å²) in [5.41, 5.74) is 3.82. The van der Waals surface area contributed by atoms with Crippen molar-refractivity contribution in [3.8, 4) is 11.6 Å². The van der Waals surface area contributed by atoms with Gasteiger partial charge in [0.05, 0.1) is 20.3 Å². The molecular weight excluding hydrogens is 490 g/mol. The standard InChI is InChI=1S/C29H34ClN3O4/c1-3-36-29(34)27-28(33(32-31-27)18-19-7-12-23(35-2)13-8-19)37-24-14-9-20(10-15-24)22-11-16-26(30)25(17-22)21-5-4-6-21/h7-8,11-13,16-17,20-21,24H,3-6,9-10,14-15,18H2,1-2H3. The average molecular weight is 524 g/mol. The van der Waals surface area contributed by atoms with E-state index in [9.17, 15) is 4.79 Å². The fourth-order valence-corrected chi connectivity index (χ4v) is 5.55. The summed E-state index contributed by atoms with van der Waals surface area (Å²) in [6, 6.07) is 14.3. The van der Waals surface area contributed by atoms with E-state index in [4.69, 9.17) is 25.8 Å². The number of hydrogen-bond acceptors (Lipinski definition) is 6. The van der Waals surface area contributed by atoms with Crippen molar-refractivity contribution in [1.29, 1.82) is 0 Å². The molecule has 3 aromatic rings. The second kappa shape index (κ2) is 11.5. The summed E-state index contributed by atoms with van der Waals surface area (Å²) in [7, 11) is 1.64. The van der Waals surface area contributed by atoms with Gasteiger partial charge in [0.15, 0.2) is 0 Å². The van der Waals surface area contributed by atoms with Crippen molar-refractivity contribution >= 4 is 17.6 Å². The maximum Gasteiger partial charge on any atom is 0.364 e. The van der Waals surface area contributed by atoms with Crippen molar-refractivity contribution in [3.63, 3.8) is 0 Å². The van der Waals surface area contributed by atoms with Gasteiger partial charge in [0.25, 0.3) is 0 Å². The van der Waals surface area contributed by atoms with Crippen molar-refractivity contribution in [2.45, 2.75) is 76.4 Å². The van der Waals surface area contributed by atoms with Crippen LogP contribution in [-0.4, -0.2) is 40.8 Å². The minimum absolute atomic E-state index is 0.0176. The fourth-order valence-electron chi connectivity index (χ4n) is 5.28. The molecule has 0 spiro atoms. The van der Waals surface area contributed by atoms with Gasteiger partial charge in [0.1, 0.15) is 11.9 Å². The van der Waals surface area contributed by atoms with Gasteiger partial charge in [-0.2, -0.15) is 0 Å². The first kappa shape index (κ1) is 25.6. The van der Waals surface area contributed by atoms with Crippen LogP contribution in [-0.2, 0) is 11.3 Å². The lowest BCUT2D eigenvalue weighted by Gasteiger charge is -2.31. The third-order valence-corrected chi connectivity index (χ3v) is 7.98. The van der Waals surface area contributed by atoms with Gasteiger partial charge >= 0.3 is 5.97 Å². The second-order valence-electron chi connectivity index (χ2n) is 9.97. The Morgan fingerprint density at radius 1 is 1.03 bits per heavy atom. The zero-order valence-corrected chi connectivity index (χ0v) is 22.2. The molecule has 196 valence electrons. The lowest BCUT2D eigenvalue weighted by Crippen LogP contribution is -2.25. The molecule has 0 atom stereocenters. The maximum absolute atomic E-state index is 12.6. The van der Waals surface area contributed by atoms with Crippen LogP contribution in [0, 0.1) is 0 Å². The summed E-state index contributed by atoms with van der Waals surface area (Å²) in [5, 5.41) is 9.25. The van der Waals surface area contributed by atoms with Crippen LogP contribution in [0.15, 0.2) is 42.5 Å². The summed E-state index contributed by atoms with van der Waals surface area (Å²) in [6.45, 7) is 2.46. The van der Waals surface area contributed by atoms with Crippen molar-refractivity contribution in [2.75, 3.05) is 13.7 Å². The highest BCUT2D eigenvalue weighted by Crippen LogP contribution is 2.42. The van der Waals surface area contributed by atoms with Crippen molar-refractivity contribution < 1.29 is 19.0 Å². The van der Waals surface area contributed by atoms with Gasteiger partial charge in [0.2, 0.25) is 11.6 Å². The largest absolute Gasteiger partial charge is 0.497 e.